The van der Waals surface area contributed by atoms with E-state index in [1.165, 1.54) is 18.6 Å². The number of ether oxygens (including phenoxy) is 3. The summed E-state index contributed by atoms with van der Waals surface area (Å²) in [5.74, 6) is 1.74. The predicted molar refractivity (Wildman–Crippen MR) is 120 cm³/mol. The van der Waals surface area contributed by atoms with E-state index < -0.39 is 11.4 Å². The zero-order chi connectivity index (χ0) is 22.3. The van der Waals surface area contributed by atoms with Crippen molar-refractivity contribution in [3.05, 3.63) is 35.6 Å². The van der Waals surface area contributed by atoms with Crippen LogP contribution in [0.25, 0.3) is 0 Å². The first kappa shape index (κ1) is 23.1. The molecule has 0 N–H and O–H groups in total. The van der Waals surface area contributed by atoms with Crippen molar-refractivity contribution in [2.75, 3.05) is 12.4 Å². The zero-order valence-corrected chi connectivity index (χ0v) is 20.1. The van der Waals surface area contributed by atoms with E-state index in [1.807, 2.05) is 18.7 Å². The molecule has 4 saturated heterocycles. The Labute approximate surface area is 194 Å². The maximum atomic E-state index is 13.0. The highest BCUT2D eigenvalue weighted by Gasteiger charge is 2.69. The van der Waals surface area contributed by atoms with Crippen LogP contribution >= 0.6 is 11.8 Å². The fourth-order valence-corrected chi connectivity index (χ4v) is 7.38. The highest BCUT2D eigenvalue weighted by atomic mass is 32.2. The molecule has 2 bridgehead atoms. The van der Waals surface area contributed by atoms with E-state index in [-0.39, 0.29) is 17.5 Å². The van der Waals surface area contributed by atoms with Crippen molar-refractivity contribution < 1.29 is 28.4 Å². The van der Waals surface area contributed by atoms with E-state index in [4.69, 9.17) is 24.0 Å². The molecule has 5 fully saturated rings. The normalized spacial score (nSPS) is 43.0. The van der Waals surface area contributed by atoms with Crippen LogP contribution in [-0.4, -0.2) is 35.5 Å². The smallest absolute Gasteiger partial charge is 0.201 e. The Bertz CT molecular complexity index is 793. The van der Waals surface area contributed by atoms with Crippen LogP contribution < -0.4 is 0 Å². The molecule has 4 heterocycles. The highest BCUT2D eigenvalue weighted by Crippen LogP contribution is 2.61. The van der Waals surface area contributed by atoms with Crippen LogP contribution in [0, 0.1) is 29.5 Å². The number of hydrogen-bond acceptors (Lipinski definition) is 6. The number of fused-ring (bicyclic) bond motifs is 2. The third kappa shape index (κ3) is 4.14. The molecule has 0 radical (unpaired) electrons. The van der Waals surface area contributed by atoms with Gasteiger partial charge in [-0.1, -0.05) is 26.0 Å². The first-order chi connectivity index (χ1) is 15.4. The third-order valence-corrected chi connectivity index (χ3v) is 9.39. The third-order valence-electron chi connectivity index (χ3n) is 7.99. The molecule has 1 aromatic carbocycles. The minimum Gasteiger partial charge on any atom is -0.377 e. The largest absolute Gasteiger partial charge is 0.377 e. The van der Waals surface area contributed by atoms with Crippen LogP contribution in [-0.2, 0) is 30.6 Å². The summed E-state index contributed by atoms with van der Waals surface area (Å²) in [5, 5.41) is 0. The highest BCUT2D eigenvalue weighted by molar-refractivity contribution is 7.99. The Balaban J connectivity index is 1.17. The number of thioether (sulfide) groups is 1. The Morgan fingerprint density at radius 3 is 2.72 bits per heavy atom. The molecular formula is C25H35FO5S. The van der Waals surface area contributed by atoms with Crippen LogP contribution in [0.3, 0.4) is 0 Å². The minimum atomic E-state index is -0.721. The molecule has 0 aromatic heterocycles. The van der Waals surface area contributed by atoms with Gasteiger partial charge in [-0.3, -0.25) is 0 Å². The molecule has 5 aliphatic rings. The summed E-state index contributed by atoms with van der Waals surface area (Å²) < 4.78 is 31.8. The minimum absolute atomic E-state index is 0.0772. The molecular weight excluding hydrogens is 431 g/mol. The summed E-state index contributed by atoms with van der Waals surface area (Å²) in [6.45, 7) is 7.80. The molecule has 5 nitrogen and oxygen atoms in total. The fraction of sp³-hybridized carbons (Fsp3) is 0.760. The molecule has 8 atom stereocenters. The lowest BCUT2D eigenvalue weighted by Crippen LogP contribution is -2.70. The van der Waals surface area contributed by atoms with Gasteiger partial charge in [-0.25, -0.2) is 14.2 Å². The maximum Gasteiger partial charge on any atom is 0.201 e. The lowest BCUT2D eigenvalue weighted by atomic mass is 9.58. The van der Waals surface area contributed by atoms with Gasteiger partial charge >= 0.3 is 0 Å². The summed E-state index contributed by atoms with van der Waals surface area (Å²) in [6.07, 6.45) is 4.82. The van der Waals surface area contributed by atoms with Crippen LogP contribution in [0.4, 0.5) is 4.39 Å². The Morgan fingerprint density at radius 2 is 1.91 bits per heavy atom. The average Bonchev–Trinajstić information content (AvgIpc) is 3.01. The van der Waals surface area contributed by atoms with Gasteiger partial charge in [0, 0.05) is 18.9 Å². The molecule has 4 aliphatic heterocycles. The molecule has 1 saturated carbocycles. The topological polar surface area (TPSA) is 46.2 Å². The first-order valence-corrected chi connectivity index (χ1v) is 13.1. The average molecular weight is 467 g/mol. The number of benzene rings is 1. The number of hydrogen-bond donors (Lipinski definition) is 0. The zero-order valence-electron chi connectivity index (χ0n) is 19.3. The second-order valence-corrected chi connectivity index (χ2v) is 11.4. The lowest BCUT2D eigenvalue weighted by molar-refractivity contribution is -0.568. The van der Waals surface area contributed by atoms with Gasteiger partial charge in [0.15, 0.2) is 11.9 Å². The first-order valence-electron chi connectivity index (χ1n) is 12.1. The Morgan fingerprint density at radius 1 is 1.09 bits per heavy atom. The molecule has 1 aromatic rings. The lowest BCUT2D eigenvalue weighted by Gasteiger charge is -2.60. The van der Waals surface area contributed by atoms with Gasteiger partial charge < -0.3 is 14.2 Å². The van der Waals surface area contributed by atoms with Gasteiger partial charge in [-0.05, 0) is 73.8 Å². The quantitative estimate of drug-likeness (QED) is 0.381. The van der Waals surface area contributed by atoms with Crippen molar-refractivity contribution in [2.45, 2.75) is 82.6 Å². The van der Waals surface area contributed by atoms with Crippen LogP contribution in [0.2, 0.25) is 0 Å². The molecule has 1 aliphatic carbocycles. The molecule has 1 unspecified atom stereocenters. The summed E-state index contributed by atoms with van der Waals surface area (Å²) in [5.41, 5.74) is 0.585. The fourth-order valence-electron chi connectivity index (χ4n) is 6.19. The van der Waals surface area contributed by atoms with Gasteiger partial charge in [0.25, 0.3) is 0 Å². The molecule has 0 amide bonds. The van der Waals surface area contributed by atoms with Crippen molar-refractivity contribution in [2.24, 2.45) is 23.7 Å². The van der Waals surface area contributed by atoms with Crippen LogP contribution in [0.1, 0.15) is 58.4 Å². The van der Waals surface area contributed by atoms with Gasteiger partial charge in [-0.2, -0.15) is 0 Å². The van der Waals surface area contributed by atoms with Crippen molar-refractivity contribution in [3.8, 4) is 0 Å². The van der Waals surface area contributed by atoms with Crippen LogP contribution in [0.5, 0.6) is 0 Å². The molecule has 7 heteroatoms. The summed E-state index contributed by atoms with van der Waals surface area (Å²) in [6, 6.07) is 6.47. The maximum absolute atomic E-state index is 13.0. The van der Waals surface area contributed by atoms with E-state index in [2.05, 4.69) is 13.8 Å². The van der Waals surface area contributed by atoms with Gasteiger partial charge in [0.1, 0.15) is 11.3 Å². The number of halogens is 1. The van der Waals surface area contributed by atoms with E-state index in [1.54, 1.807) is 12.1 Å². The summed E-state index contributed by atoms with van der Waals surface area (Å²) in [4.78, 5) is 12.1. The summed E-state index contributed by atoms with van der Waals surface area (Å²) in [7, 11) is 0. The number of rotatable bonds is 7. The van der Waals surface area contributed by atoms with E-state index in [0.717, 1.165) is 37.0 Å². The predicted octanol–water partition coefficient (Wildman–Crippen LogP) is 5.67. The Hall–Kier alpha value is -0.700. The second-order valence-electron chi connectivity index (χ2n) is 10.2. The Kier molecular flexibility index (Phi) is 6.60. The van der Waals surface area contributed by atoms with Gasteiger partial charge in [-0.15, -0.1) is 11.8 Å². The molecule has 6 rings (SSSR count). The molecule has 178 valence electrons. The second kappa shape index (κ2) is 9.16. The van der Waals surface area contributed by atoms with Crippen molar-refractivity contribution in [3.63, 3.8) is 0 Å². The van der Waals surface area contributed by atoms with E-state index >= 15 is 0 Å². The standard InChI is InChI=1S/C25H35FO5S/c1-16-5-10-21-17(2)22(32-14-4-13-27-15-18-6-8-19(26)9-7-18)28-23-25(21)20(16)11-12-24(3,29-23)30-31-25/h6-9,16-17,20-23H,4-5,10-15H2,1-3H3/t16-,17-,20+,21+,22+,23-,24?,25-/m1/s1. The van der Waals surface area contributed by atoms with Crippen molar-refractivity contribution in [1.82, 2.24) is 0 Å². The molecule has 32 heavy (non-hydrogen) atoms. The van der Waals surface area contributed by atoms with Crippen molar-refractivity contribution in [1.29, 1.82) is 0 Å². The van der Waals surface area contributed by atoms with E-state index in [0.29, 0.717) is 36.9 Å². The van der Waals surface area contributed by atoms with Crippen molar-refractivity contribution >= 4 is 11.8 Å². The van der Waals surface area contributed by atoms with Gasteiger partial charge in [0.05, 0.1) is 6.61 Å². The summed E-state index contributed by atoms with van der Waals surface area (Å²) >= 11 is 1.86. The van der Waals surface area contributed by atoms with Crippen LogP contribution in [0.15, 0.2) is 24.3 Å². The monoisotopic (exact) mass is 466 g/mol. The molecule has 1 spiro atoms. The SMILES string of the molecule is C[C@H]1[C@H](SCCCOCc2ccc(F)cc2)O[C@@H]2OC3(C)CC[C@H]4[C@H](C)CC[C@@H]1[C@@]24OO3. The van der Waals surface area contributed by atoms with Gasteiger partial charge in [0.2, 0.25) is 5.79 Å². The van der Waals surface area contributed by atoms with E-state index in [9.17, 15) is 4.39 Å².